The van der Waals surface area contributed by atoms with Crippen molar-refractivity contribution in [2.75, 3.05) is 38.2 Å². The van der Waals surface area contributed by atoms with Gasteiger partial charge in [-0.25, -0.2) is 0 Å². The third-order valence-corrected chi connectivity index (χ3v) is 4.55. The number of benzene rings is 1. The first-order chi connectivity index (χ1) is 12.2. The predicted octanol–water partition coefficient (Wildman–Crippen LogP) is 1.66. The van der Waals surface area contributed by atoms with Crippen molar-refractivity contribution in [2.45, 2.75) is 12.8 Å². The number of ether oxygens (including phenoxy) is 1. The van der Waals surface area contributed by atoms with Crippen LogP contribution in [0.1, 0.15) is 12.0 Å². The maximum atomic E-state index is 12.4. The van der Waals surface area contributed by atoms with Gasteiger partial charge in [-0.2, -0.15) is 0 Å². The maximum absolute atomic E-state index is 12.4. The number of carbonyl (C=O) groups is 1. The fourth-order valence-corrected chi connectivity index (χ4v) is 3.01. The van der Waals surface area contributed by atoms with Crippen LogP contribution in [-0.4, -0.2) is 49.1 Å². The topological polar surface area (TPSA) is 65.6 Å². The highest BCUT2D eigenvalue weighted by molar-refractivity contribution is 5.76. The molecule has 132 valence electrons. The second-order valence-electron chi connectivity index (χ2n) is 6.13. The van der Waals surface area contributed by atoms with E-state index in [0.29, 0.717) is 19.5 Å². The van der Waals surface area contributed by atoms with Gasteiger partial charge in [0.1, 0.15) is 5.75 Å². The molecule has 1 fully saturated rings. The van der Waals surface area contributed by atoms with Gasteiger partial charge in [0.05, 0.1) is 12.8 Å². The van der Waals surface area contributed by atoms with Crippen molar-refractivity contribution in [1.29, 1.82) is 0 Å². The number of piperazine rings is 1. The molecule has 2 aromatic rings. The maximum Gasteiger partial charge on any atom is 0.248 e. The number of methoxy groups -OCH3 is 1. The van der Waals surface area contributed by atoms with Crippen molar-refractivity contribution >= 4 is 11.6 Å². The van der Waals surface area contributed by atoms with E-state index in [0.717, 1.165) is 36.5 Å². The Morgan fingerprint density at radius 3 is 2.40 bits per heavy atom. The van der Waals surface area contributed by atoms with Crippen molar-refractivity contribution in [3.63, 3.8) is 0 Å². The number of aryl methyl sites for hydroxylation is 1. The summed E-state index contributed by atoms with van der Waals surface area (Å²) < 4.78 is 5.14. The van der Waals surface area contributed by atoms with Crippen molar-refractivity contribution < 1.29 is 9.53 Å². The fraction of sp³-hybridized carbons (Fsp3) is 0.368. The molecule has 1 aromatic carbocycles. The SMILES string of the molecule is COc1ccc(CCC(=O)N2CCN(c3ccc(=O)[nH]c3)CC2)cc1. The van der Waals surface area contributed by atoms with Crippen LogP contribution in [0.25, 0.3) is 0 Å². The lowest BCUT2D eigenvalue weighted by Gasteiger charge is -2.36. The number of anilines is 1. The molecule has 1 saturated heterocycles. The first kappa shape index (κ1) is 17.1. The van der Waals surface area contributed by atoms with E-state index in [2.05, 4.69) is 9.88 Å². The number of pyridine rings is 1. The zero-order chi connectivity index (χ0) is 17.6. The lowest BCUT2D eigenvalue weighted by Crippen LogP contribution is -2.49. The molecule has 1 aromatic heterocycles. The third kappa shape index (κ3) is 4.41. The molecule has 0 unspecified atom stereocenters. The van der Waals surface area contributed by atoms with E-state index < -0.39 is 0 Å². The summed E-state index contributed by atoms with van der Waals surface area (Å²) in [6, 6.07) is 11.2. The van der Waals surface area contributed by atoms with Crippen molar-refractivity contribution in [1.82, 2.24) is 9.88 Å². The zero-order valence-electron chi connectivity index (χ0n) is 14.4. The van der Waals surface area contributed by atoms with E-state index in [1.807, 2.05) is 35.2 Å². The van der Waals surface area contributed by atoms with Crippen molar-refractivity contribution in [3.05, 3.63) is 58.5 Å². The van der Waals surface area contributed by atoms with Crippen LogP contribution in [0.4, 0.5) is 5.69 Å². The van der Waals surface area contributed by atoms with Crippen molar-refractivity contribution in [2.24, 2.45) is 0 Å². The molecule has 0 bridgehead atoms. The summed E-state index contributed by atoms with van der Waals surface area (Å²) in [5.74, 6) is 1.02. The minimum atomic E-state index is -0.101. The molecule has 6 heteroatoms. The standard InChI is InChI=1S/C19H23N3O3/c1-25-17-6-2-15(3-7-17)4-9-19(24)22-12-10-21(11-13-22)16-5-8-18(23)20-14-16/h2-3,5-8,14H,4,9-13H2,1H3,(H,20,23). The fourth-order valence-electron chi connectivity index (χ4n) is 3.01. The summed E-state index contributed by atoms with van der Waals surface area (Å²) in [6.07, 6.45) is 2.98. The van der Waals surface area contributed by atoms with Gasteiger partial charge >= 0.3 is 0 Å². The van der Waals surface area contributed by atoms with E-state index in [1.165, 1.54) is 6.07 Å². The Morgan fingerprint density at radius 2 is 1.80 bits per heavy atom. The second kappa shape index (κ2) is 7.88. The number of amides is 1. The smallest absolute Gasteiger partial charge is 0.248 e. The lowest BCUT2D eigenvalue weighted by molar-refractivity contribution is -0.131. The van der Waals surface area contributed by atoms with Gasteiger partial charge in [0.25, 0.3) is 0 Å². The number of carbonyl (C=O) groups excluding carboxylic acids is 1. The molecule has 1 N–H and O–H groups in total. The molecule has 1 aliphatic heterocycles. The summed E-state index contributed by atoms with van der Waals surface area (Å²) in [4.78, 5) is 30.4. The minimum absolute atomic E-state index is 0.101. The van der Waals surface area contributed by atoms with Crippen LogP contribution >= 0.6 is 0 Å². The summed E-state index contributed by atoms with van der Waals surface area (Å²) in [7, 11) is 1.64. The zero-order valence-corrected chi connectivity index (χ0v) is 14.4. The molecule has 0 spiro atoms. The monoisotopic (exact) mass is 341 g/mol. The molecule has 0 saturated carbocycles. The molecular weight excluding hydrogens is 318 g/mol. The summed E-state index contributed by atoms with van der Waals surface area (Å²) in [5, 5.41) is 0. The number of H-pyrrole nitrogens is 1. The van der Waals surface area contributed by atoms with Crippen LogP contribution in [0.3, 0.4) is 0 Å². The predicted molar refractivity (Wildman–Crippen MR) is 97.2 cm³/mol. The van der Waals surface area contributed by atoms with E-state index in [4.69, 9.17) is 4.74 Å². The highest BCUT2D eigenvalue weighted by Crippen LogP contribution is 2.16. The van der Waals surface area contributed by atoms with Gasteiger partial charge < -0.3 is 19.5 Å². The Kier molecular flexibility index (Phi) is 5.38. The highest BCUT2D eigenvalue weighted by atomic mass is 16.5. The van der Waals surface area contributed by atoms with Crippen LogP contribution < -0.4 is 15.2 Å². The normalized spacial score (nSPS) is 14.4. The number of hydrogen-bond donors (Lipinski definition) is 1. The largest absolute Gasteiger partial charge is 0.497 e. The van der Waals surface area contributed by atoms with Crippen molar-refractivity contribution in [3.8, 4) is 5.75 Å². The molecule has 6 nitrogen and oxygen atoms in total. The summed E-state index contributed by atoms with van der Waals surface area (Å²) in [5.41, 5.74) is 2.03. The Bertz CT molecular complexity index is 742. The van der Waals surface area contributed by atoms with Crippen LogP contribution in [0.15, 0.2) is 47.4 Å². The number of hydrogen-bond acceptors (Lipinski definition) is 4. The second-order valence-corrected chi connectivity index (χ2v) is 6.13. The van der Waals surface area contributed by atoms with Crippen LogP contribution in [0.2, 0.25) is 0 Å². The van der Waals surface area contributed by atoms with Gasteiger partial charge in [-0.05, 0) is 30.2 Å². The molecular formula is C19H23N3O3. The van der Waals surface area contributed by atoms with Crippen LogP contribution in [-0.2, 0) is 11.2 Å². The van der Waals surface area contributed by atoms with E-state index in [1.54, 1.807) is 13.3 Å². The number of aromatic amines is 1. The molecule has 1 amide bonds. The minimum Gasteiger partial charge on any atom is -0.497 e. The van der Waals surface area contributed by atoms with E-state index in [-0.39, 0.29) is 11.5 Å². The Hall–Kier alpha value is -2.76. The Balaban J connectivity index is 1.47. The van der Waals surface area contributed by atoms with Crippen LogP contribution in [0.5, 0.6) is 5.75 Å². The first-order valence-corrected chi connectivity index (χ1v) is 8.50. The average molecular weight is 341 g/mol. The molecule has 2 heterocycles. The van der Waals surface area contributed by atoms with Gasteiger partial charge in [-0.3, -0.25) is 9.59 Å². The molecule has 0 atom stereocenters. The lowest BCUT2D eigenvalue weighted by atomic mass is 10.1. The molecule has 0 radical (unpaired) electrons. The van der Waals surface area contributed by atoms with E-state index in [9.17, 15) is 9.59 Å². The quantitative estimate of drug-likeness (QED) is 0.898. The number of rotatable bonds is 5. The highest BCUT2D eigenvalue weighted by Gasteiger charge is 2.21. The van der Waals surface area contributed by atoms with Gasteiger partial charge in [-0.15, -0.1) is 0 Å². The Labute approximate surface area is 147 Å². The third-order valence-electron chi connectivity index (χ3n) is 4.55. The molecule has 1 aliphatic rings. The van der Waals surface area contributed by atoms with E-state index >= 15 is 0 Å². The van der Waals surface area contributed by atoms with Gasteiger partial charge in [0.15, 0.2) is 0 Å². The van der Waals surface area contributed by atoms with Gasteiger partial charge in [0, 0.05) is 44.9 Å². The number of aromatic nitrogens is 1. The number of nitrogens with one attached hydrogen (secondary N) is 1. The molecule has 3 rings (SSSR count). The summed E-state index contributed by atoms with van der Waals surface area (Å²) >= 11 is 0. The molecule has 25 heavy (non-hydrogen) atoms. The average Bonchev–Trinajstić information content (AvgIpc) is 2.67. The van der Waals surface area contributed by atoms with Gasteiger partial charge in [-0.1, -0.05) is 12.1 Å². The molecule has 0 aliphatic carbocycles. The van der Waals surface area contributed by atoms with Gasteiger partial charge in [0.2, 0.25) is 11.5 Å². The number of nitrogens with zero attached hydrogens (tertiary/aromatic N) is 2. The Morgan fingerprint density at radius 1 is 1.08 bits per heavy atom. The van der Waals surface area contributed by atoms with Crippen LogP contribution in [0, 0.1) is 0 Å². The summed E-state index contributed by atoms with van der Waals surface area (Å²) in [6.45, 7) is 2.97. The first-order valence-electron chi connectivity index (χ1n) is 8.50.